The lowest BCUT2D eigenvalue weighted by Crippen LogP contribution is -2.29. The molecule has 6 nitrogen and oxygen atoms in total. The van der Waals surface area contributed by atoms with Crippen LogP contribution >= 0.6 is 24.0 Å². The lowest BCUT2D eigenvalue weighted by molar-refractivity contribution is 0.102. The number of rotatable bonds is 3. The highest BCUT2D eigenvalue weighted by molar-refractivity contribution is 6.31. The molecule has 0 saturated carbocycles. The van der Waals surface area contributed by atoms with Gasteiger partial charge in [0.25, 0.3) is 5.91 Å². The van der Waals surface area contributed by atoms with Crippen molar-refractivity contribution in [2.75, 3.05) is 18.4 Å². The Bertz CT molecular complexity index is 682. The molecular formula is C15H19Cl2N5O. The Morgan fingerprint density at radius 2 is 2.13 bits per heavy atom. The minimum atomic E-state index is -0.273. The number of carbonyl (C=O) groups excluding carboxylic acids is 1. The minimum absolute atomic E-state index is 0. The molecule has 2 heterocycles. The molecule has 124 valence electrons. The Balaban J connectivity index is 0.00000192. The average molecular weight is 356 g/mol. The van der Waals surface area contributed by atoms with Crippen LogP contribution in [0.3, 0.4) is 0 Å². The van der Waals surface area contributed by atoms with Gasteiger partial charge in [0.2, 0.25) is 0 Å². The Hall–Kier alpha value is -1.63. The highest BCUT2D eigenvalue weighted by Crippen LogP contribution is 2.23. The van der Waals surface area contributed by atoms with Gasteiger partial charge in [-0.3, -0.25) is 4.79 Å². The van der Waals surface area contributed by atoms with Gasteiger partial charge in [0.15, 0.2) is 5.69 Å². The van der Waals surface area contributed by atoms with Crippen LogP contribution in [0.5, 0.6) is 0 Å². The van der Waals surface area contributed by atoms with Crippen LogP contribution in [-0.2, 0) is 0 Å². The van der Waals surface area contributed by atoms with E-state index in [1.165, 1.54) is 0 Å². The van der Waals surface area contributed by atoms with Gasteiger partial charge in [-0.1, -0.05) is 22.9 Å². The summed E-state index contributed by atoms with van der Waals surface area (Å²) in [5.74, 6) is -0.273. The highest BCUT2D eigenvalue weighted by atomic mass is 35.5. The molecular weight excluding hydrogens is 337 g/mol. The molecule has 2 aromatic rings. The predicted octanol–water partition coefficient (Wildman–Crippen LogP) is 2.84. The van der Waals surface area contributed by atoms with Crippen molar-refractivity contribution in [2.45, 2.75) is 25.8 Å². The van der Waals surface area contributed by atoms with Crippen LogP contribution in [0.2, 0.25) is 5.02 Å². The molecule has 1 fully saturated rings. The maximum absolute atomic E-state index is 12.3. The zero-order valence-electron chi connectivity index (χ0n) is 12.8. The zero-order chi connectivity index (χ0) is 15.5. The molecule has 1 saturated heterocycles. The van der Waals surface area contributed by atoms with Crippen molar-refractivity contribution in [3.8, 4) is 0 Å². The summed E-state index contributed by atoms with van der Waals surface area (Å²) in [7, 11) is 0. The van der Waals surface area contributed by atoms with Gasteiger partial charge in [0.05, 0.1) is 12.2 Å². The number of halogens is 2. The van der Waals surface area contributed by atoms with Gasteiger partial charge >= 0.3 is 0 Å². The van der Waals surface area contributed by atoms with Crippen LogP contribution < -0.4 is 10.6 Å². The Labute approximate surface area is 146 Å². The molecule has 2 N–H and O–H groups in total. The highest BCUT2D eigenvalue weighted by Gasteiger charge is 2.19. The average Bonchev–Trinajstić information content (AvgIpc) is 3.03. The molecule has 0 atom stereocenters. The van der Waals surface area contributed by atoms with Crippen molar-refractivity contribution in [3.05, 3.63) is 40.7 Å². The molecule has 0 unspecified atom stereocenters. The summed E-state index contributed by atoms with van der Waals surface area (Å²) in [6.45, 7) is 3.80. The fourth-order valence-corrected chi connectivity index (χ4v) is 2.73. The van der Waals surface area contributed by atoms with Crippen molar-refractivity contribution >= 4 is 35.6 Å². The summed E-state index contributed by atoms with van der Waals surface area (Å²) in [6, 6.07) is 5.72. The Kier molecular flexibility index (Phi) is 5.98. The fraction of sp³-hybridized carbons (Fsp3) is 0.400. The largest absolute Gasteiger partial charge is 0.320 e. The van der Waals surface area contributed by atoms with E-state index in [4.69, 9.17) is 11.6 Å². The summed E-state index contributed by atoms with van der Waals surface area (Å²) in [5.41, 5.74) is 1.84. The molecule has 3 rings (SSSR count). The number of aromatic nitrogens is 3. The molecule has 1 aromatic heterocycles. The molecule has 0 bridgehead atoms. The second-order valence-corrected chi connectivity index (χ2v) is 5.84. The van der Waals surface area contributed by atoms with Crippen molar-refractivity contribution in [1.82, 2.24) is 20.3 Å². The summed E-state index contributed by atoms with van der Waals surface area (Å²) >= 11 is 6.06. The fourth-order valence-electron chi connectivity index (χ4n) is 2.56. The van der Waals surface area contributed by atoms with E-state index < -0.39 is 0 Å². The first-order chi connectivity index (χ1) is 10.6. The number of hydrogen-bond donors (Lipinski definition) is 2. The molecule has 1 aliphatic rings. The van der Waals surface area contributed by atoms with Crippen LogP contribution in [0.4, 0.5) is 5.69 Å². The minimum Gasteiger partial charge on any atom is -0.320 e. The van der Waals surface area contributed by atoms with Gasteiger partial charge in [0.1, 0.15) is 0 Å². The maximum atomic E-state index is 12.3. The lowest BCUT2D eigenvalue weighted by Gasteiger charge is -2.22. The van der Waals surface area contributed by atoms with Gasteiger partial charge in [-0.05, 0) is 50.6 Å². The van der Waals surface area contributed by atoms with E-state index in [1.54, 1.807) is 23.0 Å². The molecule has 1 aliphatic heterocycles. The number of nitrogens with one attached hydrogen (secondary N) is 2. The number of nitrogens with zero attached hydrogens (tertiary/aromatic N) is 3. The van der Waals surface area contributed by atoms with Crippen LogP contribution in [0.25, 0.3) is 0 Å². The summed E-state index contributed by atoms with van der Waals surface area (Å²) in [4.78, 5) is 12.3. The molecule has 8 heteroatoms. The zero-order valence-corrected chi connectivity index (χ0v) is 14.3. The third-order valence-electron chi connectivity index (χ3n) is 3.94. The van der Waals surface area contributed by atoms with Gasteiger partial charge in [-0.15, -0.1) is 17.5 Å². The van der Waals surface area contributed by atoms with Crippen molar-refractivity contribution in [1.29, 1.82) is 0 Å². The SMILES string of the molecule is Cc1c(Cl)cccc1NC(=O)c1cn(C2CCNCC2)nn1.Cl. The number of hydrogen-bond acceptors (Lipinski definition) is 4. The summed E-state index contributed by atoms with van der Waals surface area (Å²) in [5, 5.41) is 14.8. The third kappa shape index (κ3) is 4.02. The van der Waals surface area contributed by atoms with Crippen LogP contribution in [-0.4, -0.2) is 34.0 Å². The Morgan fingerprint density at radius 3 is 2.87 bits per heavy atom. The normalized spacial score (nSPS) is 15.0. The monoisotopic (exact) mass is 355 g/mol. The van der Waals surface area contributed by atoms with Crippen molar-refractivity contribution < 1.29 is 4.79 Å². The van der Waals surface area contributed by atoms with Crippen LogP contribution in [0.1, 0.15) is 34.9 Å². The second kappa shape index (κ2) is 7.77. The topological polar surface area (TPSA) is 71.8 Å². The molecule has 1 amide bonds. The van der Waals surface area contributed by atoms with Gasteiger partial charge in [-0.2, -0.15) is 0 Å². The van der Waals surface area contributed by atoms with Gasteiger partial charge in [0, 0.05) is 10.7 Å². The maximum Gasteiger partial charge on any atom is 0.277 e. The van der Waals surface area contributed by atoms with E-state index in [1.807, 2.05) is 13.0 Å². The van der Waals surface area contributed by atoms with Gasteiger partial charge in [-0.25, -0.2) is 4.68 Å². The van der Waals surface area contributed by atoms with Crippen LogP contribution in [0, 0.1) is 6.92 Å². The van der Waals surface area contributed by atoms with E-state index in [2.05, 4.69) is 20.9 Å². The molecule has 23 heavy (non-hydrogen) atoms. The number of carbonyl (C=O) groups is 1. The molecule has 1 aromatic carbocycles. The van der Waals surface area contributed by atoms with Crippen LogP contribution in [0.15, 0.2) is 24.4 Å². The first-order valence-electron chi connectivity index (χ1n) is 7.34. The lowest BCUT2D eigenvalue weighted by atomic mass is 10.1. The van der Waals surface area contributed by atoms with Crippen molar-refractivity contribution in [2.24, 2.45) is 0 Å². The Morgan fingerprint density at radius 1 is 1.39 bits per heavy atom. The first kappa shape index (κ1) is 17.7. The molecule has 0 aliphatic carbocycles. The van der Waals surface area contributed by atoms with E-state index in [0.29, 0.717) is 22.4 Å². The first-order valence-corrected chi connectivity index (χ1v) is 7.72. The van der Waals surface area contributed by atoms with E-state index in [-0.39, 0.29) is 18.3 Å². The van der Waals surface area contributed by atoms with Crippen molar-refractivity contribution in [3.63, 3.8) is 0 Å². The van der Waals surface area contributed by atoms with E-state index >= 15 is 0 Å². The second-order valence-electron chi connectivity index (χ2n) is 5.43. The standard InChI is InChI=1S/C15H18ClN5O.ClH/c1-10-12(16)3-2-4-13(10)18-15(22)14-9-21(20-19-14)11-5-7-17-8-6-11;/h2-4,9,11,17H,5-8H2,1H3,(H,18,22);1H. The molecule has 0 radical (unpaired) electrons. The number of amides is 1. The summed E-state index contributed by atoms with van der Waals surface area (Å²) < 4.78 is 1.79. The number of benzene rings is 1. The summed E-state index contributed by atoms with van der Waals surface area (Å²) in [6.07, 6.45) is 3.71. The third-order valence-corrected chi connectivity index (χ3v) is 4.35. The molecule has 0 spiro atoms. The van der Waals surface area contributed by atoms with E-state index in [9.17, 15) is 4.79 Å². The predicted molar refractivity (Wildman–Crippen MR) is 92.6 cm³/mol. The van der Waals surface area contributed by atoms with E-state index in [0.717, 1.165) is 31.5 Å². The number of anilines is 1. The quantitative estimate of drug-likeness (QED) is 0.887. The number of piperidine rings is 1. The van der Waals surface area contributed by atoms with Gasteiger partial charge < -0.3 is 10.6 Å². The smallest absolute Gasteiger partial charge is 0.277 e.